The lowest BCUT2D eigenvalue weighted by Gasteiger charge is -2.07. The molecule has 0 fully saturated rings. The molecule has 1 aromatic carbocycles. The topological polar surface area (TPSA) is 69.3 Å². The van der Waals surface area contributed by atoms with Crippen LogP contribution in [0.1, 0.15) is 11.4 Å². The van der Waals surface area contributed by atoms with Crippen LogP contribution < -0.4 is 0 Å². The molecule has 0 aliphatic rings. The Morgan fingerprint density at radius 3 is 2.33 bits per heavy atom. The van der Waals surface area contributed by atoms with Crippen molar-refractivity contribution in [2.45, 2.75) is 18.7 Å². The Morgan fingerprint density at radius 2 is 1.62 bits per heavy atom. The maximum atomic E-state index is 12.9. The van der Waals surface area contributed by atoms with Crippen molar-refractivity contribution in [1.82, 2.24) is 18.3 Å². The Morgan fingerprint density at radius 1 is 0.958 bits per heavy atom. The summed E-state index contributed by atoms with van der Waals surface area (Å²) >= 11 is 0. The summed E-state index contributed by atoms with van der Waals surface area (Å²) in [5.74, 6) is 0.790. The largest absolute Gasteiger partial charge is 0.292 e. The maximum absolute atomic E-state index is 12.9. The molecule has 0 N–H and O–H groups in total. The first kappa shape index (κ1) is 16.5. The first-order valence-electron chi connectivity index (χ1n) is 7.11. The summed E-state index contributed by atoms with van der Waals surface area (Å²) in [6.45, 7) is 3.79. The molecule has 0 amide bonds. The number of halogens is 1. The molecule has 0 bridgehead atoms. The lowest BCUT2D eigenvalue weighted by Crippen LogP contribution is -2.12. The number of fused-ring (bicyclic) bond motifs is 3. The molecular formula is C16H15ClN4O2S. The highest BCUT2D eigenvalue weighted by Crippen LogP contribution is 2.22. The molecule has 6 nitrogen and oxygen atoms in total. The van der Waals surface area contributed by atoms with Gasteiger partial charge in [-0.15, -0.1) is 12.4 Å². The molecule has 0 radical (unpaired) electrons. The zero-order valence-corrected chi connectivity index (χ0v) is 14.7. The van der Waals surface area contributed by atoms with E-state index in [1.807, 2.05) is 18.2 Å². The minimum atomic E-state index is -3.68. The van der Waals surface area contributed by atoms with Crippen LogP contribution in [0.15, 0.2) is 53.8 Å². The number of hydrogen-bond donors (Lipinski definition) is 0. The van der Waals surface area contributed by atoms with Crippen LogP contribution in [0.2, 0.25) is 0 Å². The predicted octanol–water partition coefficient (Wildman–Crippen LogP) is 2.96. The van der Waals surface area contributed by atoms with Gasteiger partial charge >= 0.3 is 0 Å². The highest BCUT2D eigenvalue weighted by atomic mass is 35.5. The first-order valence-corrected chi connectivity index (χ1v) is 8.55. The second-order valence-corrected chi connectivity index (χ2v) is 7.28. The van der Waals surface area contributed by atoms with Crippen LogP contribution >= 0.6 is 12.4 Å². The molecule has 124 valence electrons. The quantitative estimate of drug-likeness (QED) is 0.549. The molecule has 0 unspecified atom stereocenters. The Kier molecular flexibility index (Phi) is 3.85. The molecule has 0 atom stereocenters. The smallest absolute Gasteiger partial charge is 0.269 e. The van der Waals surface area contributed by atoms with E-state index in [2.05, 4.69) is 9.97 Å². The standard InChI is InChI=1S/C16H14N4O2S.ClH/c1-11-3-5-14(6-4-11)23(21,22)19-8-7-15-16(19)18-10-13-9-17-12(2)20(13)15;/h3-10H,1-2H3;1H. The Balaban J connectivity index is 0.00000169. The van der Waals surface area contributed by atoms with E-state index in [0.717, 1.165) is 16.9 Å². The van der Waals surface area contributed by atoms with E-state index in [9.17, 15) is 8.42 Å². The fourth-order valence-corrected chi connectivity index (χ4v) is 4.00. The van der Waals surface area contributed by atoms with E-state index >= 15 is 0 Å². The number of imidazole rings is 1. The summed E-state index contributed by atoms with van der Waals surface area (Å²) in [6, 6.07) is 8.53. The molecule has 0 aliphatic heterocycles. The van der Waals surface area contributed by atoms with Gasteiger partial charge in [0.15, 0.2) is 5.65 Å². The van der Waals surface area contributed by atoms with Crippen LogP contribution in [0.25, 0.3) is 16.7 Å². The van der Waals surface area contributed by atoms with Gasteiger partial charge in [-0.25, -0.2) is 22.4 Å². The average molecular weight is 363 g/mol. The summed E-state index contributed by atoms with van der Waals surface area (Å²) in [5.41, 5.74) is 2.95. The molecule has 0 aliphatic carbocycles. The van der Waals surface area contributed by atoms with Gasteiger partial charge in [-0.3, -0.25) is 4.40 Å². The summed E-state index contributed by atoms with van der Waals surface area (Å²) in [5, 5.41) is 0. The Bertz CT molecular complexity index is 1140. The third kappa shape index (κ3) is 2.28. The number of nitrogens with zero attached hydrogens (tertiary/aromatic N) is 4. The maximum Gasteiger partial charge on any atom is 0.269 e. The molecule has 8 heteroatoms. The van der Waals surface area contributed by atoms with Crippen LogP contribution in [0.4, 0.5) is 0 Å². The van der Waals surface area contributed by atoms with E-state index in [4.69, 9.17) is 0 Å². The molecule has 4 aromatic rings. The van der Waals surface area contributed by atoms with Gasteiger partial charge in [0, 0.05) is 6.20 Å². The number of aryl methyl sites for hydroxylation is 2. The fraction of sp³-hybridized carbons (Fsp3) is 0.125. The van der Waals surface area contributed by atoms with Crippen molar-refractivity contribution < 1.29 is 8.42 Å². The lowest BCUT2D eigenvalue weighted by atomic mass is 10.2. The monoisotopic (exact) mass is 362 g/mol. The average Bonchev–Trinajstić information content (AvgIpc) is 3.11. The van der Waals surface area contributed by atoms with Crippen LogP contribution in [0.3, 0.4) is 0 Å². The van der Waals surface area contributed by atoms with Gasteiger partial charge < -0.3 is 0 Å². The van der Waals surface area contributed by atoms with Crippen molar-refractivity contribution in [2.24, 2.45) is 0 Å². The minimum absolute atomic E-state index is 0. The van der Waals surface area contributed by atoms with Crippen molar-refractivity contribution in [3.63, 3.8) is 0 Å². The van der Waals surface area contributed by atoms with Gasteiger partial charge in [-0.05, 0) is 32.0 Å². The second kappa shape index (κ2) is 5.61. The fourth-order valence-electron chi connectivity index (χ4n) is 2.71. The van der Waals surface area contributed by atoms with E-state index in [-0.39, 0.29) is 17.3 Å². The molecule has 3 heterocycles. The third-order valence-corrected chi connectivity index (χ3v) is 5.59. The number of benzene rings is 1. The van der Waals surface area contributed by atoms with E-state index in [1.54, 1.807) is 42.7 Å². The molecule has 0 spiro atoms. The van der Waals surface area contributed by atoms with Crippen molar-refractivity contribution in [3.8, 4) is 0 Å². The number of aromatic nitrogens is 4. The van der Waals surface area contributed by atoms with Crippen LogP contribution in [0, 0.1) is 13.8 Å². The van der Waals surface area contributed by atoms with Gasteiger partial charge in [0.05, 0.1) is 28.3 Å². The Labute approximate surface area is 145 Å². The van der Waals surface area contributed by atoms with Gasteiger partial charge in [-0.2, -0.15) is 0 Å². The van der Waals surface area contributed by atoms with E-state index in [0.29, 0.717) is 11.2 Å². The molecule has 24 heavy (non-hydrogen) atoms. The van der Waals surface area contributed by atoms with Gasteiger partial charge in [0.25, 0.3) is 10.0 Å². The highest BCUT2D eigenvalue weighted by Gasteiger charge is 2.20. The lowest BCUT2D eigenvalue weighted by molar-refractivity contribution is 0.588. The zero-order valence-electron chi connectivity index (χ0n) is 13.0. The predicted molar refractivity (Wildman–Crippen MR) is 94.2 cm³/mol. The van der Waals surface area contributed by atoms with E-state index < -0.39 is 10.0 Å². The van der Waals surface area contributed by atoms with Crippen molar-refractivity contribution in [1.29, 1.82) is 0 Å². The van der Waals surface area contributed by atoms with Crippen molar-refractivity contribution in [3.05, 3.63) is 60.3 Å². The molecule has 0 saturated heterocycles. The molecule has 3 aromatic heterocycles. The van der Waals surface area contributed by atoms with Crippen LogP contribution in [0.5, 0.6) is 0 Å². The first-order chi connectivity index (χ1) is 11.0. The summed E-state index contributed by atoms with van der Waals surface area (Å²) in [7, 11) is -3.68. The van der Waals surface area contributed by atoms with Gasteiger partial charge in [0.2, 0.25) is 0 Å². The van der Waals surface area contributed by atoms with Gasteiger partial charge in [0.1, 0.15) is 5.82 Å². The van der Waals surface area contributed by atoms with Gasteiger partial charge in [-0.1, -0.05) is 17.7 Å². The van der Waals surface area contributed by atoms with Crippen molar-refractivity contribution >= 4 is 39.1 Å². The molecular weight excluding hydrogens is 348 g/mol. The molecule has 4 rings (SSSR count). The minimum Gasteiger partial charge on any atom is -0.292 e. The summed E-state index contributed by atoms with van der Waals surface area (Å²) in [6.07, 6.45) is 4.88. The summed E-state index contributed by atoms with van der Waals surface area (Å²) < 4.78 is 28.9. The third-order valence-electron chi connectivity index (χ3n) is 3.91. The SMILES string of the molecule is Cc1ccc(S(=O)(=O)n2ccc3c2ncc2cnc(C)n23)cc1.Cl. The van der Waals surface area contributed by atoms with E-state index in [1.165, 1.54) is 10.2 Å². The normalized spacial score (nSPS) is 11.8. The van der Waals surface area contributed by atoms with Crippen molar-refractivity contribution in [2.75, 3.05) is 0 Å². The number of rotatable bonds is 2. The molecule has 0 saturated carbocycles. The van der Waals surface area contributed by atoms with Crippen LogP contribution in [-0.4, -0.2) is 26.8 Å². The summed E-state index contributed by atoms with van der Waals surface area (Å²) in [4.78, 5) is 8.80. The number of hydrogen-bond acceptors (Lipinski definition) is 4. The van der Waals surface area contributed by atoms with Crippen LogP contribution in [-0.2, 0) is 10.0 Å². The second-order valence-electron chi connectivity index (χ2n) is 5.46. The zero-order chi connectivity index (χ0) is 16.2. The highest BCUT2D eigenvalue weighted by molar-refractivity contribution is 7.90. The Hall–Kier alpha value is -2.38.